The maximum Gasteiger partial charge on any atom is 0.134 e. The summed E-state index contributed by atoms with van der Waals surface area (Å²) in [6.45, 7) is 0. The topological polar surface area (TPSA) is 38.7 Å². The van der Waals surface area contributed by atoms with E-state index < -0.39 is 0 Å². The van der Waals surface area contributed by atoms with Gasteiger partial charge in [0.25, 0.3) is 0 Å². The zero-order valence-electron chi connectivity index (χ0n) is 14.6. The second-order valence-electron chi connectivity index (χ2n) is 6.17. The molecule has 0 radical (unpaired) electrons. The predicted octanol–water partition coefficient (Wildman–Crippen LogP) is 6.24. The summed E-state index contributed by atoms with van der Waals surface area (Å²) in [4.78, 5) is 13.4. The highest BCUT2D eigenvalue weighted by Crippen LogP contribution is 2.28. The van der Waals surface area contributed by atoms with Crippen LogP contribution in [0.2, 0.25) is 10.0 Å². The van der Waals surface area contributed by atoms with Crippen molar-refractivity contribution < 1.29 is 4.39 Å². The zero-order valence-corrected chi connectivity index (χ0v) is 16.1. The van der Waals surface area contributed by atoms with E-state index in [2.05, 4.69) is 9.97 Å². The van der Waals surface area contributed by atoms with Gasteiger partial charge in [-0.25, -0.2) is 14.4 Å². The first kappa shape index (κ1) is 18.5. The Morgan fingerprint density at radius 2 is 1.32 bits per heavy atom. The van der Waals surface area contributed by atoms with Crippen LogP contribution in [0.15, 0.2) is 73.1 Å². The average Bonchev–Trinajstić information content (AvgIpc) is 2.72. The minimum atomic E-state index is -0.296. The molecular weight excluding hydrogens is 396 g/mol. The van der Waals surface area contributed by atoms with Crippen molar-refractivity contribution in [1.82, 2.24) is 15.0 Å². The number of halogens is 3. The van der Waals surface area contributed by atoms with Crippen molar-refractivity contribution in [2.24, 2.45) is 0 Å². The molecule has 0 aliphatic rings. The van der Waals surface area contributed by atoms with Crippen molar-refractivity contribution in [3.05, 3.63) is 100 Å². The van der Waals surface area contributed by atoms with Crippen molar-refractivity contribution in [3.63, 3.8) is 0 Å². The van der Waals surface area contributed by atoms with Crippen LogP contribution < -0.4 is 0 Å². The molecule has 28 heavy (non-hydrogen) atoms. The van der Waals surface area contributed by atoms with Gasteiger partial charge in [0.2, 0.25) is 0 Å². The SMILES string of the molecule is Fc1ccc(-c2cc(-c3ccncc3)nc(Cc3c(Cl)cccc3Cl)n2)cc1. The Balaban J connectivity index is 1.83. The number of hydrogen-bond acceptors (Lipinski definition) is 3. The minimum absolute atomic E-state index is 0.296. The van der Waals surface area contributed by atoms with E-state index in [0.717, 1.165) is 22.4 Å². The molecule has 2 aromatic heterocycles. The molecule has 2 aromatic carbocycles. The van der Waals surface area contributed by atoms with Crippen LogP contribution in [0.25, 0.3) is 22.5 Å². The molecule has 0 fully saturated rings. The van der Waals surface area contributed by atoms with Crippen molar-refractivity contribution in [2.75, 3.05) is 0 Å². The van der Waals surface area contributed by atoms with Crippen LogP contribution in [-0.4, -0.2) is 15.0 Å². The summed E-state index contributed by atoms with van der Waals surface area (Å²) < 4.78 is 13.3. The van der Waals surface area contributed by atoms with E-state index in [1.807, 2.05) is 18.2 Å². The smallest absolute Gasteiger partial charge is 0.134 e. The highest BCUT2D eigenvalue weighted by atomic mass is 35.5. The second kappa shape index (κ2) is 8.05. The Kier molecular flexibility index (Phi) is 5.33. The number of rotatable bonds is 4. The first-order chi connectivity index (χ1) is 13.6. The lowest BCUT2D eigenvalue weighted by molar-refractivity contribution is 0.628. The van der Waals surface area contributed by atoms with Crippen LogP contribution in [0.5, 0.6) is 0 Å². The first-order valence-corrected chi connectivity index (χ1v) is 9.33. The van der Waals surface area contributed by atoms with Gasteiger partial charge in [0.1, 0.15) is 11.6 Å². The molecule has 0 atom stereocenters. The monoisotopic (exact) mass is 409 g/mol. The summed E-state index contributed by atoms with van der Waals surface area (Å²) in [5.74, 6) is 0.277. The van der Waals surface area contributed by atoms with Gasteiger partial charge in [0.15, 0.2) is 0 Å². The van der Waals surface area contributed by atoms with Crippen molar-refractivity contribution in [1.29, 1.82) is 0 Å². The molecule has 0 saturated heterocycles. The first-order valence-electron chi connectivity index (χ1n) is 8.57. The molecule has 0 aliphatic carbocycles. The molecule has 2 heterocycles. The van der Waals surface area contributed by atoms with Gasteiger partial charge in [-0.05, 0) is 60.2 Å². The molecule has 6 heteroatoms. The largest absolute Gasteiger partial charge is 0.265 e. The summed E-state index contributed by atoms with van der Waals surface area (Å²) in [7, 11) is 0. The van der Waals surface area contributed by atoms with Gasteiger partial charge >= 0.3 is 0 Å². The Morgan fingerprint density at radius 3 is 1.93 bits per heavy atom. The molecule has 4 aromatic rings. The summed E-state index contributed by atoms with van der Waals surface area (Å²) in [6.07, 6.45) is 3.80. The standard InChI is InChI=1S/C22H14Cl2FN3/c23-18-2-1-3-19(24)17(18)12-22-27-20(14-4-6-16(25)7-5-14)13-21(28-22)15-8-10-26-11-9-15/h1-11,13H,12H2. The molecular formula is C22H14Cl2FN3. The van der Waals surface area contributed by atoms with E-state index in [-0.39, 0.29) is 5.82 Å². The lowest BCUT2D eigenvalue weighted by Crippen LogP contribution is -2.02. The van der Waals surface area contributed by atoms with Crippen LogP contribution in [0.4, 0.5) is 4.39 Å². The molecule has 0 spiro atoms. The van der Waals surface area contributed by atoms with E-state index in [4.69, 9.17) is 28.2 Å². The predicted molar refractivity (Wildman–Crippen MR) is 110 cm³/mol. The van der Waals surface area contributed by atoms with Crippen LogP contribution in [0, 0.1) is 5.82 Å². The molecule has 0 amide bonds. The Bertz CT molecular complexity index is 1100. The Morgan fingerprint density at radius 1 is 0.750 bits per heavy atom. The Hall–Kier alpha value is -2.82. The van der Waals surface area contributed by atoms with Crippen molar-refractivity contribution >= 4 is 23.2 Å². The normalized spacial score (nSPS) is 10.8. The number of pyridine rings is 1. The van der Waals surface area contributed by atoms with E-state index in [1.165, 1.54) is 12.1 Å². The molecule has 138 valence electrons. The quantitative estimate of drug-likeness (QED) is 0.400. The van der Waals surface area contributed by atoms with Crippen molar-refractivity contribution in [2.45, 2.75) is 6.42 Å². The number of aromatic nitrogens is 3. The molecule has 4 rings (SSSR count). The van der Waals surface area contributed by atoms with Gasteiger partial charge < -0.3 is 0 Å². The number of hydrogen-bond donors (Lipinski definition) is 0. The van der Waals surface area contributed by atoms with Crippen LogP contribution >= 0.6 is 23.2 Å². The van der Waals surface area contributed by atoms with Crippen LogP contribution in [0.3, 0.4) is 0 Å². The second-order valence-corrected chi connectivity index (χ2v) is 6.99. The van der Waals surface area contributed by atoms with Gasteiger partial charge in [-0.15, -0.1) is 0 Å². The van der Waals surface area contributed by atoms with Crippen molar-refractivity contribution in [3.8, 4) is 22.5 Å². The third-order valence-corrected chi connectivity index (χ3v) is 4.99. The summed E-state index contributed by atoms with van der Waals surface area (Å²) in [5.41, 5.74) is 3.91. The van der Waals surface area contributed by atoms with Crippen LogP contribution in [-0.2, 0) is 6.42 Å². The van der Waals surface area contributed by atoms with Gasteiger partial charge in [0, 0.05) is 40.0 Å². The third kappa shape index (κ3) is 4.03. The lowest BCUT2D eigenvalue weighted by atomic mass is 10.1. The maximum atomic E-state index is 13.3. The summed E-state index contributed by atoms with van der Waals surface area (Å²) >= 11 is 12.6. The summed E-state index contributed by atoms with van der Waals surface area (Å²) in [6, 6.07) is 17.2. The molecule has 0 bridgehead atoms. The minimum Gasteiger partial charge on any atom is -0.265 e. The zero-order chi connectivity index (χ0) is 19.5. The molecule has 0 unspecified atom stereocenters. The fraction of sp³-hybridized carbons (Fsp3) is 0.0455. The highest BCUT2D eigenvalue weighted by Gasteiger charge is 2.13. The van der Waals surface area contributed by atoms with E-state index in [0.29, 0.717) is 28.0 Å². The summed E-state index contributed by atoms with van der Waals surface area (Å²) in [5, 5.41) is 1.13. The molecule has 0 saturated carbocycles. The molecule has 0 aliphatic heterocycles. The number of benzene rings is 2. The van der Waals surface area contributed by atoms with E-state index >= 15 is 0 Å². The van der Waals surface area contributed by atoms with Gasteiger partial charge in [-0.3, -0.25) is 4.98 Å². The number of nitrogens with zero attached hydrogens (tertiary/aromatic N) is 3. The molecule has 3 nitrogen and oxygen atoms in total. The average molecular weight is 410 g/mol. The van der Waals surface area contributed by atoms with E-state index in [1.54, 1.807) is 42.7 Å². The highest BCUT2D eigenvalue weighted by molar-refractivity contribution is 6.36. The van der Waals surface area contributed by atoms with Gasteiger partial charge in [0.05, 0.1) is 11.4 Å². The maximum absolute atomic E-state index is 13.3. The fourth-order valence-electron chi connectivity index (χ4n) is 2.87. The van der Waals surface area contributed by atoms with Crippen LogP contribution in [0.1, 0.15) is 11.4 Å². The Labute approximate surface area is 171 Å². The fourth-order valence-corrected chi connectivity index (χ4v) is 3.41. The van der Waals surface area contributed by atoms with Gasteiger partial charge in [-0.1, -0.05) is 29.3 Å². The lowest BCUT2D eigenvalue weighted by Gasteiger charge is -2.11. The molecule has 0 N–H and O–H groups in total. The van der Waals surface area contributed by atoms with Gasteiger partial charge in [-0.2, -0.15) is 0 Å². The third-order valence-electron chi connectivity index (χ3n) is 4.29. The van der Waals surface area contributed by atoms with E-state index in [9.17, 15) is 4.39 Å².